The monoisotopic (exact) mass is 159 g/mol. The largest absolute Gasteiger partial charge is 0.303 e. The summed E-state index contributed by atoms with van der Waals surface area (Å²) in [7, 11) is 0. The molecule has 1 fully saturated rings. The number of alkyl halides is 1. The fraction of sp³-hybridized carbons (Fsp3) is 1.00. The fourth-order valence-electron chi connectivity index (χ4n) is 1.73. The van der Waals surface area contributed by atoms with Gasteiger partial charge in [-0.3, -0.25) is 4.39 Å². The van der Waals surface area contributed by atoms with Crippen LogP contribution in [0.25, 0.3) is 0 Å². The average Bonchev–Trinajstić information content (AvgIpc) is 2.28. The third-order valence-electron chi connectivity index (χ3n) is 2.52. The van der Waals surface area contributed by atoms with Gasteiger partial charge in [0.05, 0.1) is 6.67 Å². The van der Waals surface area contributed by atoms with Gasteiger partial charge in [-0.15, -0.1) is 0 Å². The third kappa shape index (κ3) is 2.78. The van der Waals surface area contributed by atoms with Crippen molar-refractivity contribution in [3.63, 3.8) is 0 Å². The molecule has 1 heterocycles. The summed E-state index contributed by atoms with van der Waals surface area (Å²) in [5, 5.41) is 0. The highest BCUT2D eigenvalue weighted by Gasteiger charge is 2.16. The van der Waals surface area contributed by atoms with Crippen LogP contribution in [0.1, 0.15) is 26.2 Å². The quantitative estimate of drug-likeness (QED) is 0.596. The van der Waals surface area contributed by atoms with Gasteiger partial charge in [0.1, 0.15) is 0 Å². The van der Waals surface area contributed by atoms with Gasteiger partial charge in [0, 0.05) is 6.54 Å². The van der Waals surface area contributed by atoms with Crippen molar-refractivity contribution in [3.05, 3.63) is 0 Å². The molecule has 0 amide bonds. The zero-order valence-corrected chi connectivity index (χ0v) is 7.35. The van der Waals surface area contributed by atoms with Gasteiger partial charge in [-0.2, -0.15) is 0 Å². The van der Waals surface area contributed by atoms with Crippen molar-refractivity contribution >= 4 is 0 Å². The summed E-state index contributed by atoms with van der Waals surface area (Å²) in [6.07, 6.45) is 3.56. The van der Waals surface area contributed by atoms with Crippen molar-refractivity contribution in [2.75, 3.05) is 26.3 Å². The Hall–Kier alpha value is -0.110. The van der Waals surface area contributed by atoms with Crippen LogP contribution in [-0.2, 0) is 0 Å². The molecule has 2 heteroatoms. The highest BCUT2D eigenvalue weighted by molar-refractivity contribution is 4.69. The van der Waals surface area contributed by atoms with Crippen LogP contribution in [0.2, 0.25) is 0 Å². The number of nitrogens with zero attached hydrogens (tertiary/aromatic N) is 1. The van der Waals surface area contributed by atoms with Crippen molar-refractivity contribution in [1.82, 2.24) is 4.90 Å². The molecule has 1 rings (SSSR count). The van der Waals surface area contributed by atoms with Crippen molar-refractivity contribution in [3.8, 4) is 0 Å². The Morgan fingerprint density at radius 3 is 2.91 bits per heavy atom. The van der Waals surface area contributed by atoms with Crippen LogP contribution >= 0.6 is 0 Å². The highest BCUT2D eigenvalue weighted by Crippen LogP contribution is 2.16. The van der Waals surface area contributed by atoms with E-state index in [-0.39, 0.29) is 6.67 Å². The first-order chi connectivity index (χ1) is 5.36. The van der Waals surface area contributed by atoms with Gasteiger partial charge in [0.15, 0.2) is 0 Å². The van der Waals surface area contributed by atoms with E-state index in [1.54, 1.807) is 0 Å². The molecule has 1 aliphatic rings. The molecule has 0 N–H and O–H groups in total. The molecule has 0 radical (unpaired) electrons. The van der Waals surface area contributed by atoms with Gasteiger partial charge < -0.3 is 4.90 Å². The molecule has 1 aliphatic heterocycles. The number of halogens is 1. The Morgan fingerprint density at radius 2 is 2.27 bits per heavy atom. The van der Waals surface area contributed by atoms with Crippen LogP contribution in [0.15, 0.2) is 0 Å². The first-order valence-electron chi connectivity index (χ1n) is 4.65. The van der Waals surface area contributed by atoms with E-state index in [0.717, 1.165) is 19.5 Å². The minimum absolute atomic E-state index is 0.128. The minimum Gasteiger partial charge on any atom is -0.303 e. The van der Waals surface area contributed by atoms with Crippen molar-refractivity contribution < 1.29 is 4.39 Å². The van der Waals surface area contributed by atoms with Crippen molar-refractivity contribution in [2.24, 2.45) is 5.92 Å². The topological polar surface area (TPSA) is 3.24 Å². The molecule has 0 spiro atoms. The van der Waals surface area contributed by atoms with Crippen molar-refractivity contribution in [2.45, 2.75) is 26.2 Å². The summed E-state index contributed by atoms with van der Waals surface area (Å²) in [5.74, 6) is 0.317. The molecule has 66 valence electrons. The molecule has 1 atom stereocenters. The maximum atomic E-state index is 12.3. The van der Waals surface area contributed by atoms with Crippen LogP contribution in [-0.4, -0.2) is 31.2 Å². The van der Waals surface area contributed by atoms with E-state index in [4.69, 9.17) is 0 Å². The lowest BCUT2D eigenvalue weighted by Crippen LogP contribution is -2.28. The molecule has 0 aliphatic carbocycles. The maximum Gasteiger partial charge on any atom is 0.0934 e. The van der Waals surface area contributed by atoms with Crippen molar-refractivity contribution in [1.29, 1.82) is 0 Å². The van der Waals surface area contributed by atoms with Gasteiger partial charge in [-0.05, 0) is 31.8 Å². The van der Waals surface area contributed by atoms with E-state index in [2.05, 4.69) is 11.8 Å². The summed E-state index contributed by atoms with van der Waals surface area (Å²) in [6, 6.07) is 0. The Bertz CT molecular complexity index is 93.7. The molecular weight excluding hydrogens is 141 g/mol. The maximum absolute atomic E-state index is 12.3. The fourth-order valence-corrected chi connectivity index (χ4v) is 1.73. The van der Waals surface area contributed by atoms with E-state index < -0.39 is 0 Å². The molecule has 11 heavy (non-hydrogen) atoms. The van der Waals surface area contributed by atoms with E-state index in [9.17, 15) is 4.39 Å². The molecule has 1 nitrogen and oxygen atoms in total. The van der Waals surface area contributed by atoms with Crippen LogP contribution < -0.4 is 0 Å². The van der Waals surface area contributed by atoms with Gasteiger partial charge >= 0.3 is 0 Å². The smallest absolute Gasteiger partial charge is 0.0934 e. The van der Waals surface area contributed by atoms with E-state index in [1.165, 1.54) is 19.4 Å². The zero-order chi connectivity index (χ0) is 8.10. The standard InChI is InChI=1S/C9H18FN/c1-2-11-6-4-3-5-9(7-10)8-11/h9H,2-8H2,1H3/t9-/m0/s1. The predicted molar refractivity (Wildman–Crippen MR) is 45.4 cm³/mol. The second-order valence-corrected chi connectivity index (χ2v) is 3.41. The molecule has 0 aromatic heterocycles. The molecule has 1 saturated heterocycles. The average molecular weight is 159 g/mol. The summed E-state index contributed by atoms with van der Waals surface area (Å²) in [5.41, 5.74) is 0. The first-order valence-corrected chi connectivity index (χ1v) is 4.65. The van der Waals surface area contributed by atoms with E-state index in [0.29, 0.717) is 5.92 Å². The number of rotatable bonds is 2. The minimum atomic E-state index is -0.128. The van der Waals surface area contributed by atoms with Crippen LogP contribution in [0.4, 0.5) is 4.39 Å². The summed E-state index contributed by atoms with van der Waals surface area (Å²) >= 11 is 0. The number of hydrogen-bond donors (Lipinski definition) is 0. The van der Waals surface area contributed by atoms with Gasteiger partial charge in [0.2, 0.25) is 0 Å². The van der Waals surface area contributed by atoms with Gasteiger partial charge in [-0.1, -0.05) is 13.3 Å². The Balaban J connectivity index is 2.33. The Labute approximate surface area is 68.6 Å². The number of likely N-dealkylation sites (tertiary alicyclic amines) is 1. The van der Waals surface area contributed by atoms with Crippen LogP contribution in [0.5, 0.6) is 0 Å². The lowest BCUT2D eigenvalue weighted by molar-refractivity contribution is 0.233. The Kier molecular flexibility index (Phi) is 3.84. The lowest BCUT2D eigenvalue weighted by atomic mass is 10.1. The number of hydrogen-bond acceptors (Lipinski definition) is 1. The molecular formula is C9H18FN. The Morgan fingerprint density at radius 1 is 1.45 bits per heavy atom. The molecule has 0 aromatic rings. The third-order valence-corrected chi connectivity index (χ3v) is 2.52. The summed E-state index contributed by atoms with van der Waals surface area (Å²) in [4.78, 5) is 2.36. The molecule has 0 bridgehead atoms. The SMILES string of the molecule is CCN1CCCC[C@@H](CF)C1. The molecule has 0 aromatic carbocycles. The van der Waals surface area contributed by atoms with Gasteiger partial charge in [0.25, 0.3) is 0 Å². The highest BCUT2D eigenvalue weighted by atomic mass is 19.1. The summed E-state index contributed by atoms with van der Waals surface area (Å²) < 4.78 is 12.3. The predicted octanol–water partition coefficient (Wildman–Crippen LogP) is 2.08. The van der Waals surface area contributed by atoms with Gasteiger partial charge in [-0.25, -0.2) is 0 Å². The first kappa shape index (κ1) is 8.98. The normalized spacial score (nSPS) is 28.4. The zero-order valence-electron chi connectivity index (χ0n) is 7.35. The lowest BCUT2D eigenvalue weighted by Gasteiger charge is -2.20. The summed E-state index contributed by atoms with van der Waals surface area (Å²) in [6.45, 7) is 5.26. The van der Waals surface area contributed by atoms with Crippen LogP contribution in [0.3, 0.4) is 0 Å². The van der Waals surface area contributed by atoms with E-state index in [1.807, 2.05) is 0 Å². The molecule has 0 saturated carbocycles. The van der Waals surface area contributed by atoms with Crippen LogP contribution in [0, 0.1) is 5.92 Å². The second-order valence-electron chi connectivity index (χ2n) is 3.41. The van der Waals surface area contributed by atoms with E-state index >= 15 is 0 Å². The second kappa shape index (κ2) is 4.70. The molecule has 0 unspecified atom stereocenters.